The molecule has 0 radical (unpaired) electrons. The van der Waals surface area contributed by atoms with E-state index in [-0.39, 0.29) is 5.69 Å². The number of hydrogen-bond acceptors (Lipinski definition) is 4. The summed E-state index contributed by atoms with van der Waals surface area (Å²) in [6, 6.07) is 8.74. The predicted octanol–water partition coefficient (Wildman–Crippen LogP) is 2.46. The van der Waals surface area contributed by atoms with Crippen LogP contribution in [-0.2, 0) is 6.42 Å². The highest BCUT2D eigenvalue weighted by atomic mass is 32.1. The van der Waals surface area contributed by atoms with Crippen LogP contribution in [0.4, 0.5) is 0 Å². The number of rotatable bonds is 5. The summed E-state index contributed by atoms with van der Waals surface area (Å²) in [5, 5.41) is 10.8. The Morgan fingerprint density at radius 1 is 1.35 bits per heavy atom. The number of carboxylic acid groups (broad SMARTS) is 1. The van der Waals surface area contributed by atoms with E-state index in [0.29, 0.717) is 12.5 Å². The number of nitrogens with zero attached hydrogens (tertiary/aromatic N) is 1. The average molecular weight is 249 g/mol. The largest absolute Gasteiger partial charge is 0.477 e. The van der Waals surface area contributed by atoms with Crippen LogP contribution in [0.1, 0.15) is 15.4 Å². The molecule has 2 aromatic heterocycles. The Bertz CT molecular complexity index is 496. The molecule has 0 unspecified atom stereocenters. The molecule has 2 rings (SSSR count). The Hall–Kier alpha value is -1.88. The molecule has 0 atom stereocenters. The number of thiophene rings is 1. The third kappa shape index (κ3) is 3.29. The van der Waals surface area contributed by atoms with Crippen molar-refractivity contribution in [3.8, 4) is 5.88 Å². The monoisotopic (exact) mass is 249 g/mol. The van der Waals surface area contributed by atoms with E-state index in [1.54, 1.807) is 23.5 Å². The van der Waals surface area contributed by atoms with Crippen LogP contribution in [0.3, 0.4) is 0 Å². The zero-order chi connectivity index (χ0) is 12.1. The molecule has 0 saturated carbocycles. The van der Waals surface area contributed by atoms with Gasteiger partial charge < -0.3 is 9.84 Å². The molecule has 4 nitrogen and oxygen atoms in total. The fourth-order valence-corrected chi connectivity index (χ4v) is 2.02. The van der Waals surface area contributed by atoms with Crippen molar-refractivity contribution in [1.82, 2.24) is 4.98 Å². The van der Waals surface area contributed by atoms with Gasteiger partial charge in [0.15, 0.2) is 5.69 Å². The third-order valence-electron chi connectivity index (χ3n) is 2.12. The van der Waals surface area contributed by atoms with Gasteiger partial charge in [-0.05, 0) is 17.5 Å². The second-order valence-corrected chi connectivity index (χ2v) is 4.38. The van der Waals surface area contributed by atoms with Crippen LogP contribution in [-0.4, -0.2) is 22.7 Å². The molecule has 0 aliphatic rings. The molecular formula is C12H11NO3S. The second-order valence-electron chi connectivity index (χ2n) is 3.34. The molecule has 0 fully saturated rings. The normalized spacial score (nSPS) is 10.1. The van der Waals surface area contributed by atoms with Gasteiger partial charge in [0.1, 0.15) is 0 Å². The topological polar surface area (TPSA) is 59.4 Å². The van der Waals surface area contributed by atoms with E-state index in [0.717, 1.165) is 6.42 Å². The predicted molar refractivity (Wildman–Crippen MR) is 64.7 cm³/mol. The number of hydrogen-bond donors (Lipinski definition) is 1. The van der Waals surface area contributed by atoms with Gasteiger partial charge in [-0.25, -0.2) is 9.78 Å². The van der Waals surface area contributed by atoms with Crippen LogP contribution in [0.25, 0.3) is 0 Å². The first-order valence-electron chi connectivity index (χ1n) is 5.11. The van der Waals surface area contributed by atoms with Gasteiger partial charge >= 0.3 is 5.97 Å². The Morgan fingerprint density at radius 2 is 2.24 bits per heavy atom. The molecule has 0 spiro atoms. The van der Waals surface area contributed by atoms with E-state index in [4.69, 9.17) is 9.84 Å². The quantitative estimate of drug-likeness (QED) is 0.884. The van der Waals surface area contributed by atoms with Crippen molar-refractivity contribution < 1.29 is 14.6 Å². The second kappa shape index (κ2) is 5.45. The zero-order valence-corrected chi connectivity index (χ0v) is 9.81. The zero-order valence-electron chi connectivity index (χ0n) is 9.00. The third-order valence-corrected chi connectivity index (χ3v) is 3.06. The molecule has 2 heterocycles. The van der Waals surface area contributed by atoms with Gasteiger partial charge in [-0.1, -0.05) is 12.1 Å². The molecule has 0 aliphatic carbocycles. The summed E-state index contributed by atoms with van der Waals surface area (Å²) in [6.07, 6.45) is 0.802. The summed E-state index contributed by atoms with van der Waals surface area (Å²) in [5.74, 6) is -0.699. The van der Waals surface area contributed by atoms with E-state index in [2.05, 4.69) is 4.98 Å². The molecule has 0 aliphatic heterocycles. The van der Waals surface area contributed by atoms with Crippen LogP contribution >= 0.6 is 11.3 Å². The Labute approximate surface area is 103 Å². The molecule has 1 N–H and O–H groups in total. The van der Waals surface area contributed by atoms with Crippen molar-refractivity contribution in [2.75, 3.05) is 6.61 Å². The van der Waals surface area contributed by atoms with E-state index in [1.807, 2.05) is 17.5 Å². The molecule has 17 heavy (non-hydrogen) atoms. The maximum absolute atomic E-state index is 10.7. The van der Waals surface area contributed by atoms with E-state index in [1.165, 1.54) is 10.9 Å². The molecular weight excluding hydrogens is 238 g/mol. The highest BCUT2D eigenvalue weighted by Crippen LogP contribution is 2.11. The highest BCUT2D eigenvalue weighted by Gasteiger charge is 2.05. The smallest absolute Gasteiger partial charge is 0.354 e. The van der Waals surface area contributed by atoms with Crippen molar-refractivity contribution in [1.29, 1.82) is 0 Å². The van der Waals surface area contributed by atoms with Crippen LogP contribution in [0, 0.1) is 0 Å². The maximum atomic E-state index is 10.7. The van der Waals surface area contributed by atoms with Crippen molar-refractivity contribution in [3.63, 3.8) is 0 Å². The lowest BCUT2D eigenvalue weighted by Crippen LogP contribution is -2.05. The summed E-state index contributed by atoms with van der Waals surface area (Å²) in [7, 11) is 0. The number of aromatic carboxylic acids is 1. The van der Waals surface area contributed by atoms with Crippen molar-refractivity contribution >= 4 is 17.3 Å². The lowest BCUT2D eigenvalue weighted by atomic mass is 10.3. The van der Waals surface area contributed by atoms with Gasteiger partial charge in [-0.3, -0.25) is 0 Å². The molecule has 88 valence electrons. The van der Waals surface area contributed by atoms with Crippen molar-refractivity contribution in [2.24, 2.45) is 0 Å². The maximum Gasteiger partial charge on any atom is 0.354 e. The van der Waals surface area contributed by atoms with Gasteiger partial charge in [-0.2, -0.15) is 0 Å². The van der Waals surface area contributed by atoms with Crippen molar-refractivity contribution in [3.05, 3.63) is 46.3 Å². The Balaban J connectivity index is 1.90. The van der Waals surface area contributed by atoms with Gasteiger partial charge in [-0.15, -0.1) is 11.3 Å². The number of ether oxygens (including phenoxy) is 1. The van der Waals surface area contributed by atoms with Crippen LogP contribution in [0.5, 0.6) is 5.88 Å². The van der Waals surface area contributed by atoms with Gasteiger partial charge in [0.2, 0.25) is 5.88 Å². The first-order valence-corrected chi connectivity index (χ1v) is 5.99. The molecule has 5 heteroatoms. The summed E-state index contributed by atoms with van der Waals surface area (Å²) in [4.78, 5) is 15.8. The Kier molecular flexibility index (Phi) is 3.72. The molecule has 0 bridgehead atoms. The lowest BCUT2D eigenvalue weighted by molar-refractivity contribution is 0.0689. The fourth-order valence-electron chi connectivity index (χ4n) is 1.33. The van der Waals surface area contributed by atoms with Gasteiger partial charge in [0.25, 0.3) is 0 Å². The number of carbonyl (C=O) groups is 1. The SMILES string of the molecule is O=C(O)c1cccc(OCCc2cccs2)n1. The number of carboxylic acids is 1. The number of aromatic nitrogens is 1. The molecule has 2 aromatic rings. The lowest BCUT2D eigenvalue weighted by Gasteiger charge is -2.04. The van der Waals surface area contributed by atoms with E-state index >= 15 is 0 Å². The summed E-state index contributed by atoms with van der Waals surface area (Å²) < 4.78 is 5.40. The van der Waals surface area contributed by atoms with E-state index < -0.39 is 5.97 Å². The molecule has 0 amide bonds. The van der Waals surface area contributed by atoms with Crippen LogP contribution < -0.4 is 4.74 Å². The average Bonchev–Trinajstić information content (AvgIpc) is 2.82. The molecule has 0 saturated heterocycles. The minimum absolute atomic E-state index is 0.00127. The van der Waals surface area contributed by atoms with Gasteiger partial charge in [0.05, 0.1) is 6.61 Å². The number of pyridine rings is 1. The van der Waals surface area contributed by atoms with E-state index in [9.17, 15) is 4.79 Å². The van der Waals surface area contributed by atoms with Crippen molar-refractivity contribution in [2.45, 2.75) is 6.42 Å². The van der Waals surface area contributed by atoms with Crippen LogP contribution in [0.15, 0.2) is 35.7 Å². The highest BCUT2D eigenvalue weighted by molar-refractivity contribution is 7.09. The summed E-state index contributed by atoms with van der Waals surface area (Å²) in [6.45, 7) is 0.497. The first kappa shape index (κ1) is 11.6. The molecule has 0 aromatic carbocycles. The minimum Gasteiger partial charge on any atom is -0.477 e. The first-order chi connectivity index (χ1) is 8.25. The summed E-state index contributed by atoms with van der Waals surface area (Å²) in [5.41, 5.74) is -0.00127. The standard InChI is InChI=1S/C12H11NO3S/c14-12(15)10-4-1-5-11(13-10)16-7-6-9-3-2-8-17-9/h1-5,8H,6-7H2,(H,14,15). The van der Waals surface area contributed by atoms with Gasteiger partial charge in [0, 0.05) is 17.4 Å². The Morgan fingerprint density at radius 3 is 2.94 bits per heavy atom. The summed E-state index contributed by atoms with van der Waals surface area (Å²) >= 11 is 1.67. The van der Waals surface area contributed by atoms with Crippen LogP contribution in [0.2, 0.25) is 0 Å². The fraction of sp³-hybridized carbons (Fsp3) is 0.167. The minimum atomic E-state index is -1.05.